The van der Waals surface area contributed by atoms with E-state index in [1.165, 1.54) is 0 Å². The molecule has 0 saturated heterocycles. The fourth-order valence-corrected chi connectivity index (χ4v) is 2.61. The maximum atomic E-state index is 12.7. The van der Waals surface area contributed by atoms with Crippen LogP contribution in [0.4, 0.5) is 0 Å². The van der Waals surface area contributed by atoms with E-state index < -0.39 is 60.8 Å². The van der Waals surface area contributed by atoms with E-state index in [1.54, 1.807) is 0 Å². The first-order valence-electron chi connectivity index (χ1n) is 9.96. The van der Waals surface area contributed by atoms with Gasteiger partial charge in [-0.1, -0.05) is 13.8 Å². The molecule has 0 aliphatic carbocycles. The van der Waals surface area contributed by atoms with Gasteiger partial charge < -0.3 is 43.4 Å². The number of aliphatic carboxylic acids is 2. The van der Waals surface area contributed by atoms with Gasteiger partial charge in [0.1, 0.15) is 18.6 Å². The van der Waals surface area contributed by atoms with Gasteiger partial charge in [-0.2, -0.15) is 0 Å². The average molecular weight is 460 g/mol. The number of carbonyl (C=O) groups is 5. The van der Waals surface area contributed by atoms with Gasteiger partial charge in [-0.25, -0.2) is 0 Å². The topological polar surface area (TPSA) is 252 Å². The van der Waals surface area contributed by atoms with Gasteiger partial charge in [0.2, 0.25) is 17.7 Å². The highest BCUT2D eigenvalue weighted by Gasteiger charge is 2.29. The molecule has 14 nitrogen and oxygen atoms in total. The van der Waals surface area contributed by atoms with Crippen molar-refractivity contribution in [2.45, 2.75) is 57.7 Å². The summed E-state index contributed by atoms with van der Waals surface area (Å²) >= 11 is 0. The lowest BCUT2D eigenvalue weighted by molar-refractivity contribution is -0.141. The van der Waals surface area contributed by atoms with E-state index in [0.29, 0.717) is 6.42 Å². The van der Waals surface area contributed by atoms with Crippen molar-refractivity contribution in [2.24, 2.45) is 28.1 Å². The average Bonchev–Trinajstić information content (AvgIpc) is 2.66. The van der Waals surface area contributed by atoms with Crippen molar-refractivity contribution in [3.05, 3.63) is 0 Å². The molecule has 0 aliphatic heterocycles. The number of aliphatic imine (C=N–C) groups is 1. The lowest BCUT2D eigenvalue weighted by atomic mass is 10.0. The minimum Gasteiger partial charge on any atom is -0.481 e. The van der Waals surface area contributed by atoms with E-state index in [2.05, 4.69) is 15.6 Å². The first-order valence-corrected chi connectivity index (χ1v) is 9.96. The van der Waals surface area contributed by atoms with Crippen molar-refractivity contribution < 1.29 is 34.2 Å². The van der Waals surface area contributed by atoms with Gasteiger partial charge in [0.05, 0.1) is 12.5 Å². The van der Waals surface area contributed by atoms with Crippen LogP contribution in [0.25, 0.3) is 0 Å². The van der Waals surface area contributed by atoms with E-state index in [9.17, 15) is 24.0 Å². The molecule has 0 fully saturated rings. The van der Waals surface area contributed by atoms with Crippen molar-refractivity contribution in [2.75, 3.05) is 13.1 Å². The lowest BCUT2D eigenvalue weighted by Crippen LogP contribution is -2.56. The standard InChI is InChI=1S/C18H33N7O7/c1-9(2)6-10(19)15(30)24-11(4-3-5-22-18(20)21)17(32)25-12(7-13(26)27)16(31)23-8-14(28)29/h9-12H,3-8,19H2,1-2H3,(H,23,31)(H,24,30)(H,25,32)(H,26,27)(H,28,29)(H4,20,21,22). The van der Waals surface area contributed by atoms with Crippen LogP contribution in [0.1, 0.15) is 39.5 Å². The Labute approximate surface area is 185 Å². The van der Waals surface area contributed by atoms with Crippen LogP contribution in [0.15, 0.2) is 4.99 Å². The zero-order valence-corrected chi connectivity index (χ0v) is 18.2. The van der Waals surface area contributed by atoms with E-state index in [1.807, 2.05) is 19.2 Å². The van der Waals surface area contributed by atoms with Crippen LogP contribution in [0.3, 0.4) is 0 Å². The molecule has 3 unspecified atom stereocenters. The van der Waals surface area contributed by atoms with Gasteiger partial charge in [0.15, 0.2) is 5.96 Å². The molecule has 0 saturated carbocycles. The van der Waals surface area contributed by atoms with Crippen LogP contribution in [-0.2, 0) is 24.0 Å². The first kappa shape index (κ1) is 28.6. The maximum absolute atomic E-state index is 12.7. The Morgan fingerprint density at radius 2 is 1.50 bits per heavy atom. The Morgan fingerprint density at radius 3 is 2.00 bits per heavy atom. The number of guanidine groups is 1. The first-order chi connectivity index (χ1) is 14.8. The SMILES string of the molecule is CC(C)CC(N)C(=O)NC(CCCN=C(N)N)C(=O)NC(CC(=O)O)C(=O)NCC(=O)O. The van der Waals surface area contributed by atoms with Crippen LogP contribution in [0, 0.1) is 5.92 Å². The minimum atomic E-state index is -1.55. The third kappa shape index (κ3) is 13.0. The highest BCUT2D eigenvalue weighted by molar-refractivity contribution is 5.95. The molecule has 0 rings (SSSR count). The Hall–Kier alpha value is -3.42. The zero-order chi connectivity index (χ0) is 24.8. The number of carboxylic acids is 2. The number of nitrogens with two attached hydrogens (primary N) is 3. The molecule has 0 aromatic carbocycles. The summed E-state index contributed by atoms with van der Waals surface area (Å²) in [6, 6.07) is -3.59. The summed E-state index contributed by atoms with van der Waals surface area (Å²) in [5.74, 6) is -5.18. The molecule has 182 valence electrons. The van der Waals surface area contributed by atoms with Gasteiger partial charge >= 0.3 is 11.9 Å². The van der Waals surface area contributed by atoms with Crippen LogP contribution < -0.4 is 33.2 Å². The van der Waals surface area contributed by atoms with Gasteiger partial charge in [0.25, 0.3) is 0 Å². The second-order valence-corrected chi connectivity index (χ2v) is 7.52. The van der Waals surface area contributed by atoms with Crippen LogP contribution >= 0.6 is 0 Å². The summed E-state index contributed by atoms with van der Waals surface area (Å²) in [5, 5.41) is 24.4. The number of nitrogens with zero attached hydrogens (tertiary/aromatic N) is 1. The number of rotatable bonds is 15. The Morgan fingerprint density at radius 1 is 0.906 bits per heavy atom. The van der Waals surface area contributed by atoms with Crippen molar-refractivity contribution in [1.29, 1.82) is 0 Å². The number of hydrogen-bond donors (Lipinski definition) is 8. The minimum absolute atomic E-state index is 0.0687. The predicted molar refractivity (Wildman–Crippen MR) is 114 cm³/mol. The number of carboxylic acid groups (broad SMARTS) is 2. The summed E-state index contributed by atoms with van der Waals surface area (Å²) in [5.41, 5.74) is 16.4. The molecular weight excluding hydrogens is 426 g/mol. The molecule has 0 heterocycles. The highest BCUT2D eigenvalue weighted by atomic mass is 16.4. The second kappa shape index (κ2) is 14.6. The Bertz CT molecular complexity index is 708. The fraction of sp³-hybridized carbons (Fsp3) is 0.667. The quantitative estimate of drug-likeness (QED) is 0.0702. The van der Waals surface area contributed by atoms with Gasteiger partial charge in [-0.15, -0.1) is 0 Å². The van der Waals surface area contributed by atoms with Gasteiger partial charge in [-0.05, 0) is 25.2 Å². The molecular formula is C18H33N7O7. The molecule has 3 amide bonds. The Balaban J connectivity index is 5.37. The summed E-state index contributed by atoms with van der Waals surface area (Å²) in [4.78, 5) is 62.7. The van der Waals surface area contributed by atoms with Crippen LogP contribution in [0.2, 0.25) is 0 Å². The number of carbonyl (C=O) groups excluding carboxylic acids is 3. The molecule has 0 spiro atoms. The van der Waals surface area contributed by atoms with Crippen molar-refractivity contribution in [3.8, 4) is 0 Å². The van der Waals surface area contributed by atoms with E-state index in [4.69, 9.17) is 27.4 Å². The van der Waals surface area contributed by atoms with Gasteiger partial charge in [-0.3, -0.25) is 29.0 Å². The maximum Gasteiger partial charge on any atom is 0.322 e. The molecule has 32 heavy (non-hydrogen) atoms. The van der Waals surface area contributed by atoms with Crippen molar-refractivity contribution in [1.82, 2.24) is 16.0 Å². The largest absolute Gasteiger partial charge is 0.481 e. The molecule has 0 aromatic heterocycles. The normalized spacial score (nSPS) is 13.4. The molecule has 11 N–H and O–H groups in total. The predicted octanol–water partition coefficient (Wildman–Crippen LogP) is -2.94. The van der Waals surface area contributed by atoms with Gasteiger partial charge in [0, 0.05) is 6.54 Å². The molecule has 3 atom stereocenters. The van der Waals surface area contributed by atoms with E-state index >= 15 is 0 Å². The summed E-state index contributed by atoms with van der Waals surface area (Å²) < 4.78 is 0. The number of hydrogen-bond acceptors (Lipinski definition) is 7. The summed E-state index contributed by atoms with van der Waals surface area (Å²) in [6.45, 7) is 3.16. The molecule has 0 aromatic rings. The molecule has 0 radical (unpaired) electrons. The number of nitrogens with one attached hydrogen (secondary N) is 3. The van der Waals surface area contributed by atoms with Crippen LogP contribution in [-0.4, -0.2) is 77.0 Å². The molecule has 14 heteroatoms. The second-order valence-electron chi connectivity index (χ2n) is 7.52. The third-order valence-electron chi connectivity index (χ3n) is 4.07. The third-order valence-corrected chi connectivity index (χ3v) is 4.07. The van der Waals surface area contributed by atoms with Crippen molar-refractivity contribution >= 4 is 35.6 Å². The highest BCUT2D eigenvalue weighted by Crippen LogP contribution is 2.06. The summed E-state index contributed by atoms with van der Waals surface area (Å²) in [7, 11) is 0. The lowest BCUT2D eigenvalue weighted by Gasteiger charge is -2.23. The van der Waals surface area contributed by atoms with E-state index in [0.717, 1.165) is 0 Å². The Kier molecular flexibility index (Phi) is 13.0. The zero-order valence-electron chi connectivity index (χ0n) is 18.2. The van der Waals surface area contributed by atoms with Crippen molar-refractivity contribution in [3.63, 3.8) is 0 Å². The smallest absolute Gasteiger partial charge is 0.322 e. The summed E-state index contributed by atoms with van der Waals surface area (Å²) in [6.07, 6.45) is -0.0735. The monoisotopic (exact) mass is 459 g/mol. The molecule has 0 bridgehead atoms. The van der Waals surface area contributed by atoms with Crippen LogP contribution in [0.5, 0.6) is 0 Å². The fourth-order valence-electron chi connectivity index (χ4n) is 2.61. The number of amides is 3. The van der Waals surface area contributed by atoms with E-state index in [-0.39, 0.29) is 31.3 Å². The molecule has 0 aliphatic rings.